The van der Waals surface area contributed by atoms with Gasteiger partial charge in [-0.25, -0.2) is 9.82 Å². The molecule has 17 heavy (non-hydrogen) atoms. The Balaban J connectivity index is 2.00. The van der Waals surface area contributed by atoms with Crippen molar-refractivity contribution in [1.82, 2.24) is 10.9 Å². The average Bonchev–Trinajstić information content (AvgIpc) is 2.25. The zero-order valence-corrected chi connectivity index (χ0v) is 9.72. The summed E-state index contributed by atoms with van der Waals surface area (Å²) < 4.78 is 13.2. The van der Waals surface area contributed by atoms with Crippen molar-refractivity contribution in [3.05, 3.63) is 46.9 Å². The van der Waals surface area contributed by atoms with Crippen LogP contribution in [0.15, 0.2) is 30.0 Å². The van der Waals surface area contributed by atoms with Crippen LogP contribution in [0, 0.1) is 12.7 Å². The van der Waals surface area contributed by atoms with Crippen LogP contribution in [0.25, 0.3) is 0 Å². The van der Waals surface area contributed by atoms with Crippen LogP contribution in [-0.2, 0) is 11.2 Å². The Morgan fingerprint density at radius 1 is 1.29 bits per heavy atom. The second kappa shape index (κ2) is 5.10. The molecule has 0 bridgehead atoms. The van der Waals surface area contributed by atoms with E-state index in [0.717, 1.165) is 16.8 Å². The summed E-state index contributed by atoms with van der Waals surface area (Å²) in [5.41, 5.74) is 8.46. The molecule has 1 aromatic carbocycles. The van der Waals surface area contributed by atoms with Gasteiger partial charge in [-0.05, 0) is 43.0 Å². The smallest absolute Gasteiger partial charge is 0.173 e. The summed E-state index contributed by atoms with van der Waals surface area (Å²) in [5, 5.41) is 0. The number of carbonyl (C=O) groups is 1. The molecule has 90 valence electrons. The minimum atomic E-state index is -0.209. The second-order valence-corrected chi connectivity index (χ2v) is 4.25. The number of rotatable bonds is 3. The Bertz CT molecular complexity index is 448. The highest BCUT2D eigenvalue weighted by atomic mass is 19.1. The van der Waals surface area contributed by atoms with Crippen molar-refractivity contribution in [1.29, 1.82) is 0 Å². The molecule has 0 saturated carbocycles. The zero-order chi connectivity index (χ0) is 12.3. The third-order valence-corrected chi connectivity index (χ3v) is 2.63. The van der Waals surface area contributed by atoms with Crippen molar-refractivity contribution in [3.8, 4) is 0 Å². The van der Waals surface area contributed by atoms with Gasteiger partial charge in [-0.15, -0.1) is 0 Å². The lowest BCUT2D eigenvalue weighted by Gasteiger charge is -2.16. The van der Waals surface area contributed by atoms with E-state index < -0.39 is 0 Å². The molecule has 0 amide bonds. The van der Waals surface area contributed by atoms with Crippen LogP contribution in [-0.4, -0.2) is 12.3 Å². The number of nitrogens with one attached hydrogen (secondary N) is 2. The Morgan fingerprint density at radius 3 is 2.82 bits per heavy atom. The Labute approximate surface area is 99.7 Å². The predicted octanol–water partition coefficient (Wildman–Crippen LogP) is 1.63. The van der Waals surface area contributed by atoms with Crippen LogP contribution in [0.4, 0.5) is 4.39 Å². The number of benzene rings is 1. The summed E-state index contributed by atoms with van der Waals surface area (Å²) in [6.07, 6.45) is 3.01. The average molecular weight is 234 g/mol. The van der Waals surface area contributed by atoms with Gasteiger partial charge < -0.3 is 5.43 Å². The first-order valence-electron chi connectivity index (χ1n) is 5.62. The molecular weight excluding hydrogens is 219 g/mol. The molecule has 3 nitrogen and oxygen atoms in total. The SMILES string of the molecule is Cc1cc(F)cc(CCC2=CC(=O)CNN2)c1. The van der Waals surface area contributed by atoms with E-state index in [-0.39, 0.29) is 11.6 Å². The molecule has 0 saturated heterocycles. The van der Waals surface area contributed by atoms with Gasteiger partial charge in [0.1, 0.15) is 5.82 Å². The molecule has 0 aliphatic carbocycles. The van der Waals surface area contributed by atoms with Gasteiger partial charge in [-0.2, -0.15) is 0 Å². The first-order valence-corrected chi connectivity index (χ1v) is 5.62. The van der Waals surface area contributed by atoms with E-state index in [0.29, 0.717) is 19.4 Å². The number of hydrogen-bond donors (Lipinski definition) is 2. The summed E-state index contributed by atoms with van der Waals surface area (Å²) in [5.74, 6) is -0.144. The van der Waals surface area contributed by atoms with Crippen LogP contribution in [0.3, 0.4) is 0 Å². The van der Waals surface area contributed by atoms with Crippen LogP contribution in [0.2, 0.25) is 0 Å². The van der Waals surface area contributed by atoms with Crippen LogP contribution >= 0.6 is 0 Å². The lowest BCUT2D eigenvalue weighted by Crippen LogP contribution is -2.39. The van der Waals surface area contributed by atoms with Crippen LogP contribution in [0.1, 0.15) is 17.5 Å². The highest BCUT2D eigenvalue weighted by Crippen LogP contribution is 2.12. The van der Waals surface area contributed by atoms with Crippen LogP contribution < -0.4 is 10.9 Å². The largest absolute Gasteiger partial charge is 0.325 e. The Morgan fingerprint density at radius 2 is 2.12 bits per heavy atom. The molecule has 0 aromatic heterocycles. The fraction of sp³-hybridized carbons (Fsp3) is 0.308. The molecule has 0 spiro atoms. The molecule has 2 rings (SSSR count). The molecule has 0 atom stereocenters. The van der Waals surface area contributed by atoms with Crippen molar-refractivity contribution >= 4 is 5.78 Å². The maximum Gasteiger partial charge on any atom is 0.173 e. The lowest BCUT2D eigenvalue weighted by molar-refractivity contribution is -0.114. The van der Waals surface area contributed by atoms with Gasteiger partial charge in [-0.3, -0.25) is 4.79 Å². The minimum Gasteiger partial charge on any atom is -0.325 e. The third-order valence-electron chi connectivity index (χ3n) is 2.63. The molecule has 1 aliphatic rings. The van der Waals surface area contributed by atoms with Gasteiger partial charge in [0.15, 0.2) is 5.78 Å². The van der Waals surface area contributed by atoms with Crippen LogP contribution in [0.5, 0.6) is 0 Å². The van der Waals surface area contributed by atoms with E-state index in [1.54, 1.807) is 6.08 Å². The van der Waals surface area contributed by atoms with Crippen molar-refractivity contribution < 1.29 is 9.18 Å². The van der Waals surface area contributed by atoms with Crippen molar-refractivity contribution in [2.45, 2.75) is 19.8 Å². The fourth-order valence-electron chi connectivity index (χ4n) is 1.90. The molecule has 1 heterocycles. The van der Waals surface area contributed by atoms with Gasteiger partial charge in [0.2, 0.25) is 0 Å². The molecule has 4 heteroatoms. The lowest BCUT2D eigenvalue weighted by atomic mass is 10.0. The molecule has 1 aromatic rings. The molecule has 1 aliphatic heterocycles. The number of halogens is 1. The van der Waals surface area contributed by atoms with Gasteiger partial charge in [0.05, 0.1) is 6.54 Å². The summed E-state index contributed by atoms with van der Waals surface area (Å²) in [6, 6.07) is 5.00. The Hall–Kier alpha value is -1.68. The first kappa shape index (κ1) is 11.8. The van der Waals surface area contributed by atoms with E-state index in [4.69, 9.17) is 0 Å². The van der Waals surface area contributed by atoms with Gasteiger partial charge in [0, 0.05) is 11.8 Å². The van der Waals surface area contributed by atoms with Gasteiger partial charge >= 0.3 is 0 Å². The van der Waals surface area contributed by atoms with E-state index in [1.807, 2.05) is 13.0 Å². The highest BCUT2D eigenvalue weighted by molar-refractivity contribution is 5.92. The number of allylic oxidation sites excluding steroid dienone is 1. The Kier molecular flexibility index (Phi) is 3.54. The molecule has 0 fully saturated rings. The number of ketones is 1. The number of hydrogen-bond acceptors (Lipinski definition) is 3. The molecule has 2 N–H and O–H groups in total. The number of aryl methyl sites for hydroxylation is 2. The molecule has 0 radical (unpaired) electrons. The van der Waals surface area contributed by atoms with Gasteiger partial charge in [-0.1, -0.05) is 6.07 Å². The minimum absolute atomic E-state index is 0.0640. The quantitative estimate of drug-likeness (QED) is 0.835. The summed E-state index contributed by atoms with van der Waals surface area (Å²) in [7, 11) is 0. The summed E-state index contributed by atoms with van der Waals surface area (Å²) in [4.78, 5) is 11.2. The topological polar surface area (TPSA) is 41.1 Å². The predicted molar refractivity (Wildman–Crippen MR) is 63.7 cm³/mol. The standard InChI is InChI=1S/C13H15FN2O/c1-9-4-10(6-11(14)5-9)2-3-12-7-13(17)8-15-16-12/h4-7,15-16H,2-3,8H2,1H3. The van der Waals surface area contributed by atoms with E-state index in [2.05, 4.69) is 10.9 Å². The van der Waals surface area contributed by atoms with E-state index in [1.165, 1.54) is 12.1 Å². The molecule has 0 unspecified atom stereocenters. The molecular formula is C13H15FN2O. The van der Waals surface area contributed by atoms with Crippen molar-refractivity contribution in [2.24, 2.45) is 0 Å². The maximum atomic E-state index is 13.2. The first-order chi connectivity index (χ1) is 8.13. The van der Waals surface area contributed by atoms with Crippen molar-refractivity contribution in [3.63, 3.8) is 0 Å². The second-order valence-electron chi connectivity index (χ2n) is 4.25. The van der Waals surface area contributed by atoms with Gasteiger partial charge in [0.25, 0.3) is 0 Å². The van der Waals surface area contributed by atoms with Crippen molar-refractivity contribution in [2.75, 3.05) is 6.54 Å². The van der Waals surface area contributed by atoms with E-state index >= 15 is 0 Å². The number of carbonyl (C=O) groups excluding carboxylic acids is 1. The summed E-state index contributed by atoms with van der Waals surface area (Å²) >= 11 is 0. The maximum absolute atomic E-state index is 13.2. The number of hydrazine groups is 1. The fourth-order valence-corrected chi connectivity index (χ4v) is 1.90. The zero-order valence-electron chi connectivity index (χ0n) is 9.72. The van der Waals surface area contributed by atoms with E-state index in [9.17, 15) is 9.18 Å². The highest BCUT2D eigenvalue weighted by Gasteiger charge is 2.08. The third kappa shape index (κ3) is 3.39. The normalized spacial score (nSPS) is 15.4. The monoisotopic (exact) mass is 234 g/mol. The summed E-state index contributed by atoms with van der Waals surface area (Å²) in [6.45, 7) is 2.19.